The van der Waals surface area contributed by atoms with E-state index in [0.717, 1.165) is 19.6 Å². The zero-order valence-corrected chi connectivity index (χ0v) is 12.2. The summed E-state index contributed by atoms with van der Waals surface area (Å²) in [6.07, 6.45) is 2.30. The van der Waals surface area contributed by atoms with Crippen molar-refractivity contribution < 1.29 is 4.74 Å². The van der Waals surface area contributed by atoms with Gasteiger partial charge in [-0.1, -0.05) is 43.7 Å². The number of methoxy groups -OCH3 is 1. The lowest BCUT2D eigenvalue weighted by Gasteiger charge is -2.20. The smallest absolute Gasteiger partial charge is 0.0462 e. The Balaban J connectivity index is 2.60. The predicted molar refractivity (Wildman–Crippen MR) is 78.2 cm³/mol. The maximum absolute atomic E-state index is 5.15. The molecule has 0 aliphatic carbocycles. The van der Waals surface area contributed by atoms with E-state index >= 15 is 0 Å². The highest BCUT2D eigenvalue weighted by Crippen LogP contribution is 2.21. The Bertz CT molecular complexity index is 318. The highest BCUT2D eigenvalue weighted by Gasteiger charge is 2.11. The van der Waals surface area contributed by atoms with Crippen molar-refractivity contribution in [1.82, 2.24) is 5.32 Å². The van der Waals surface area contributed by atoms with Crippen LogP contribution in [0.15, 0.2) is 24.3 Å². The molecule has 0 aliphatic heterocycles. The van der Waals surface area contributed by atoms with E-state index in [1.54, 1.807) is 7.11 Å². The molecule has 0 spiro atoms. The molecule has 0 heterocycles. The van der Waals surface area contributed by atoms with E-state index in [1.165, 1.54) is 17.5 Å². The summed E-state index contributed by atoms with van der Waals surface area (Å²) in [5.41, 5.74) is 2.76. The zero-order chi connectivity index (χ0) is 13.4. The first-order valence-corrected chi connectivity index (χ1v) is 6.92. The van der Waals surface area contributed by atoms with Crippen LogP contribution in [0.3, 0.4) is 0 Å². The van der Waals surface area contributed by atoms with E-state index in [9.17, 15) is 0 Å². The normalized spacial score (nSPS) is 12.9. The van der Waals surface area contributed by atoms with Gasteiger partial charge in [0.15, 0.2) is 0 Å². The molecule has 2 heteroatoms. The molecule has 1 atom stereocenters. The van der Waals surface area contributed by atoms with Gasteiger partial charge in [0.05, 0.1) is 0 Å². The molecule has 1 unspecified atom stereocenters. The average molecular weight is 249 g/mol. The molecule has 1 aromatic rings. The highest BCUT2D eigenvalue weighted by molar-refractivity contribution is 5.24. The van der Waals surface area contributed by atoms with Crippen LogP contribution >= 0.6 is 0 Å². The van der Waals surface area contributed by atoms with Crippen molar-refractivity contribution >= 4 is 0 Å². The van der Waals surface area contributed by atoms with Crippen LogP contribution in [0.25, 0.3) is 0 Å². The summed E-state index contributed by atoms with van der Waals surface area (Å²) in [7, 11) is 1.77. The first-order chi connectivity index (χ1) is 8.63. The summed E-state index contributed by atoms with van der Waals surface area (Å²) >= 11 is 0. The topological polar surface area (TPSA) is 21.3 Å². The van der Waals surface area contributed by atoms with E-state index in [4.69, 9.17) is 4.74 Å². The molecule has 0 aromatic heterocycles. The molecular weight excluding hydrogens is 222 g/mol. The molecule has 1 N–H and O–H groups in total. The molecular formula is C16H27NO. The second kappa shape index (κ2) is 8.28. The molecule has 102 valence electrons. The Morgan fingerprint density at radius 3 is 2.39 bits per heavy atom. The number of ether oxygens (including phenoxy) is 1. The van der Waals surface area contributed by atoms with Gasteiger partial charge in [0.2, 0.25) is 0 Å². The second-order valence-electron chi connectivity index (χ2n) is 5.31. The lowest BCUT2D eigenvalue weighted by molar-refractivity contribution is 0.190. The molecule has 0 saturated heterocycles. The van der Waals surface area contributed by atoms with Crippen molar-refractivity contribution in [2.24, 2.45) is 0 Å². The number of aryl methyl sites for hydroxylation is 1. The maximum Gasteiger partial charge on any atom is 0.0462 e. The van der Waals surface area contributed by atoms with Crippen LogP contribution in [0.4, 0.5) is 0 Å². The van der Waals surface area contributed by atoms with Crippen LogP contribution in [-0.4, -0.2) is 26.3 Å². The molecule has 1 rings (SSSR count). The van der Waals surface area contributed by atoms with Crippen LogP contribution in [-0.2, 0) is 4.74 Å². The van der Waals surface area contributed by atoms with Crippen molar-refractivity contribution in [1.29, 1.82) is 0 Å². The zero-order valence-electron chi connectivity index (χ0n) is 12.2. The van der Waals surface area contributed by atoms with Gasteiger partial charge in [-0.25, -0.2) is 0 Å². The first-order valence-electron chi connectivity index (χ1n) is 6.92. The molecule has 0 amide bonds. The summed E-state index contributed by atoms with van der Waals surface area (Å²) in [5, 5.41) is 3.54. The lowest BCUT2D eigenvalue weighted by atomic mass is 9.93. The summed E-state index contributed by atoms with van der Waals surface area (Å²) in [6, 6.07) is 9.46. The van der Waals surface area contributed by atoms with Gasteiger partial charge in [-0.15, -0.1) is 0 Å². The van der Waals surface area contributed by atoms with Gasteiger partial charge in [0.25, 0.3) is 0 Å². The molecule has 18 heavy (non-hydrogen) atoms. The van der Waals surface area contributed by atoms with E-state index < -0.39 is 0 Å². The Kier molecular flexibility index (Phi) is 6.99. The average Bonchev–Trinajstić information content (AvgIpc) is 2.34. The minimum absolute atomic E-state index is 0.542. The third-order valence-corrected chi connectivity index (χ3v) is 3.22. The third-order valence-electron chi connectivity index (χ3n) is 3.22. The monoisotopic (exact) mass is 249 g/mol. The standard InChI is InChI=1S/C16H27NO/c1-13(2)17-12-16(6-5-11-18-4)15-9-7-14(3)8-10-15/h7-10,13,16-17H,5-6,11-12H2,1-4H3. The first kappa shape index (κ1) is 15.2. The molecule has 1 aromatic carbocycles. The fourth-order valence-corrected chi connectivity index (χ4v) is 2.08. The largest absolute Gasteiger partial charge is 0.385 e. The van der Waals surface area contributed by atoms with Crippen LogP contribution in [0.2, 0.25) is 0 Å². The minimum atomic E-state index is 0.542. The summed E-state index contributed by atoms with van der Waals surface area (Å²) in [4.78, 5) is 0. The van der Waals surface area contributed by atoms with Crippen molar-refractivity contribution in [3.63, 3.8) is 0 Å². The van der Waals surface area contributed by atoms with Gasteiger partial charge in [-0.3, -0.25) is 0 Å². The molecule has 0 radical (unpaired) electrons. The SMILES string of the molecule is COCCCC(CNC(C)C)c1ccc(C)cc1. The number of benzene rings is 1. The molecule has 0 aliphatic rings. The van der Waals surface area contributed by atoms with Crippen LogP contribution < -0.4 is 5.32 Å². The van der Waals surface area contributed by atoms with Gasteiger partial charge in [0, 0.05) is 26.3 Å². The van der Waals surface area contributed by atoms with Crippen molar-refractivity contribution in [3.05, 3.63) is 35.4 Å². The van der Waals surface area contributed by atoms with Crippen LogP contribution in [0, 0.1) is 6.92 Å². The van der Waals surface area contributed by atoms with E-state index in [0.29, 0.717) is 12.0 Å². The number of hydrogen-bond acceptors (Lipinski definition) is 2. The van der Waals surface area contributed by atoms with Crippen molar-refractivity contribution in [2.45, 2.75) is 45.6 Å². The Morgan fingerprint density at radius 2 is 1.83 bits per heavy atom. The van der Waals surface area contributed by atoms with Crippen LogP contribution in [0.5, 0.6) is 0 Å². The summed E-state index contributed by atoms with van der Waals surface area (Å²) < 4.78 is 5.15. The van der Waals surface area contributed by atoms with E-state index in [2.05, 4.69) is 50.4 Å². The summed E-state index contributed by atoms with van der Waals surface area (Å²) in [6.45, 7) is 8.42. The quantitative estimate of drug-likeness (QED) is 0.712. The predicted octanol–water partition coefficient (Wildman–Crippen LogP) is 3.50. The Labute approximate surface area is 112 Å². The second-order valence-corrected chi connectivity index (χ2v) is 5.31. The van der Waals surface area contributed by atoms with Gasteiger partial charge in [0.1, 0.15) is 0 Å². The molecule has 0 bridgehead atoms. The van der Waals surface area contributed by atoms with E-state index in [-0.39, 0.29) is 0 Å². The fraction of sp³-hybridized carbons (Fsp3) is 0.625. The fourth-order valence-electron chi connectivity index (χ4n) is 2.08. The van der Waals surface area contributed by atoms with Crippen LogP contribution in [0.1, 0.15) is 43.7 Å². The number of nitrogens with one attached hydrogen (secondary N) is 1. The van der Waals surface area contributed by atoms with Crippen molar-refractivity contribution in [2.75, 3.05) is 20.3 Å². The van der Waals surface area contributed by atoms with Gasteiger partial charge < -0.3 is 10.1 Å². The Morgan fingerprint density at radius 1 is 1.17 bits per heavy atom. The molecule has 2 nitrogen and oxygen atoms in total. The molecule has 0 saturated carbocycles. The highest BCUT2D eigenvalue weighted by atomic mass is 16.5. The maximum atomic E-state index is 5.15. The molecule has 0 fully saturated rings. The van der Waals surface area contributed by atoms with E-state index in [1.807, 2.05) is 0 Å². The third kappa shape index (κ3) is 5.65. The minimum Gasteiger partial charge on any atom is -0.385 e. The van der Waals surface area contributed by atoms with Crippen molar-refractivity contribution in [3.8, 4) is 0 Å². The van der Waals surface area contributed by atoms with Gasteiger partial charge in [-0.05, 0) is 31.2 Å². The van der Waals surface area contributed by atoms with Gasteiger partial charge >= 0.3 is 0 Å². The lowest BCUT2D eigenvalue weighted by Crippen LogP contribution is -2.28. The number of rotatable bonds is 8. The number of hydrogen-bond donors (Lipinski definition) is 1. The summed E-state index contributed by atoms with van der Waals surface area (Å²) in [5.74, 6) is 0.586. The Hall–Kier alpha value is -0.860. The van der Waals surface area contributed by atoms with Gasteiger partial charge in [-0.2, -0.15) is 0 Å².